The summed E-state index contributed by atoms with van der Waals surface area (Å²) in [6.45, 7) is 2.80. The molecule has 2 rings (SSSR count). The third kappa shape index (κ3) is 3.72. The van der Waals surface area contributed by atoms with Gasteiger partial charge in [-0.1, -0.05) is 24.6 Å². The lowest BCUT2D eigenvalue weighted by molar-refractivity contribution is 0.519. The maximum atomic E-state index is 13.4. The van der Waals surface area contributed by atoms with Crippen LogP contribution >= 0.6 is 11.6 Å². The Morgan fingerprint density at radius 3 is 2.68 bits per heavy atom. The SMILES string of the molecule is CCNC(Cc1ccc(Cl)c(F)c1)c1ncccn1. The van der Waals surface area contributed by atoms with E-state index in [-0.39, 0.29) is 11.1 Å². The van der Waals surface area contributed by atoms with Crippen LogP contribution in [0.15, 0.2) is 36.7 Å². The van der Waals surface area contributed by atoms with E-state index in [4.69, 9.17) is 11.6 Å². The van der Waals surface area contributed by atoms with Gasteiger partial charge in [0.2, 0.25) is 0 Å². The molecular weight excluding hydrogens is 265 g/mol. The third-order valence-electron chi connectivity index (χ3n) is 2.77. The topological polar surface area (TPSA) is 37.8 Å². The molecule has 0 aliphatic carbocycles. The minimum atomic E-state index is -0.400. The van der Waals surface area contributed by atoms with Crippen molar-refractivity contribution in [2.24, 2.45) is 0 Å². The van der Waals surface area contributed by atoms with Gasteiger partial charge in [0.15, 0.2) is 0 Å². The molecule has 5 heteroatoms. The van der Waals surface area contributed by atoms with Crippen LogP contribution in [-0.4, -0.2) is 16.5 Å². The minimum Gasteiger partial charge on any atom is -0.307 e. The van der Waals surface area contributed by atoms with Crippen molar-refractivity contribution in [2.45, 2.75) is 19.4 Å². The Balaban J connectivity index is 2.19. The van der Waals surface area contributed by atoms with Crippen molar-refractivity contribution in [3.05, 3.63) is 58.9 Å². The maximum Gasteiger partial charge on any atom is 0.145 e. The van der Waals surface area contributed by atoms with Crippen LogP contribution in [0, 0.1) is 5.82 Å². The van der Waals surface area contributed by atoms with Crippen molar-refractivity contribution in [3.63, 3.8) is 0 Å². The Bertz CT molecular complexity index is 533. The fraction of sp³-hybridized carbons (Fsp3) is 0.286. The molecule has 100 valence electrons. The number of nitrogens with zero attached hydrogens (tertiary/aromatic N) is 2. The summed E-state index contributed by atoms with van der Waals surface area (Å²) < 4.78 is 13.4. The Hall–Kier alpha value is -1.52. The van der Waals surface area contributed by atoms with Crippen LogP contribution < -0.4 is 5.32 Å². The first-order valence-corrected chi connectivity index (χ1v) is 6.52. The van der Waals surface area contributed by atoms with Gasteiger partial charge in [0, 0.05) is 12.4 Å². The molecule has 0 fully saturated rings. The number of likely N-dealkylation sites (N-methyl/N-ethyl adjacent to an activating group) is 1. The van der Waals surface area contributed by atoms with Crippen molar-refractivity contribution < 1.29 is 4.39 Å². The summed E-state index contributed by atoms with van der Waals surface area (Å²) in [5, 5.41) is 3.44. The molecule has 1 atom stereocenters. The quantitative estimate of drug-likeness (QED) is 0.914. The zero-order valence-corrected chi connectivity index (χ0v) is 11.4. The van der Waals surface area contributed by atoms with E-state index in [1.807, 2.05) is 13.0 Å². The summed E-state index contributed by atoms with van der Waals surface area (Å²) in [6, 6.07) is 6.58. The van der Waals surface area contributed by atoms with E-state index in [9.17, 15) is 4.39 Å². The summed E-state index contributed by atoms with van der Waals surface area (Å²) in [4.78, 5) is 8.48. The number of rotatable bonds is 5. The number of nitrogens with one attached hydrogen (secondary N) is 1. The first-order chi connectivity index (χ1) is 9.20. The van der Waals surface area contributed by atoms with Crippen molar-refractivity contribution >= 4 is 11.6 Å². The molecule has 1 heterocycles. The van der Waals surface area contributed by atoms with Crippen LogP contribution in [0.4, 0.5) is 4.39 Å². The van der Waals surface area contributed by atoms with Gasteiger partial charge in [-0.05, 0) is 36.7 Å². The van der Waals surface area contributed by atoms with Gasteiger partial charge >= 0.3 is 0 Å². The Morgan fingerprint density at radius 2 is 2.05 bits per heavy atom. The first-order valence-electron chi connectivity index (χ1n) is 6.15. The van der Waals surface area contributed by atoms with Crippen molar-refractivity contribution in [3.8, 4) is 0 Å². The highest BCUT2D eigenvalue weighted by Crippen LogP contribution is 2.20. The second-order valence-corrected chi connectivity index (χ2v) is 4.58. The van der Waals surface area contributed by atoms with Crippen molar-refractivity contribution in [1.29, 1.82) is 0 Å². The molecule has 1 unspecified atom stereocenters. The lowest BCUT2D eigenvalue weighted by Crippen LogP contribution is -2.24. The van der Waals surface area contributed by atoms with Gasteiger partial charge in [0.1, 0.15) is 11.6 Å². The monoisotopic (exact) mass is 279 g/mol. The highest BCUT2D eigenvalue weighted by atomic mass is 35.5. The van der Waals surface area contributed by atoms with Crippen LogP contribution in [0.3, 0.4) is 0 Å². The fourth-order valence-corrected chi connectivity index (χ4v) is 2.01. The van der Waals surface area contributed by atoms with Gasteiger partial charge in [-0.25, -0.2) is 14.4 Å². The zero-order valence-electron chi connectivity index (χ0n) is 10.6. The highest BCUT2D eigenvalue weighted by molar-refractivity contribution is 6.30. The van der Waals surface area contributed by atoms with E-state index in [1.165, 1.54) is 6.07 Å². The number of benzene rings is 1. The Labute approximate surface area is 116 Å². The van der Waals surface area contributed by atoms with Crippen molar-refractivity contribution in [1.82, 2.24) is 15.3 Å². The maximum absolute atomic E-state index is 13.4. The highest BCUT2D eigenvalue weighted by Gasteiger charge is 2.14. The molecule has 0 amide bonds. The smallest absolute Gasteiger partial charge is 0.145 e. The second-order valence-electron chi connectivity index (χ2n) is 4.17. The van der Waals surface area contributed by atoms with Crippen LogP contribution in [0.2, 0.25) is 5.02 Å². The molecule has 19 heavy (non-hydrogen) atoms. The lowest BCUT2D eigenvalue weighted by atomic mass is 10.1. The molecule has 2 aromatic rings. The standard InChI is InChI=1S/C14H15ClFN3/c1-2-17-13(14-18-6-3-7-19-14)9-10-4-5-11(15)12(16)8-10/h3-8,13,17H,2,9H2,1H3. The molecule has 1 N–H and O–H groups in total. The van der Waals surface area contributed by atoms with Crippen molar-refractivity contribution in [2.75, 3.05) is 6.54 Å². The summed E-state index contributed by atoms with van der Waals surface area (Å²) >= 11 is 5.68. The third-order valence-corrected chi connectivity index (χ3v) is 3.08. The normalized spacial score (nSPS) is 12.4. The van der Waals surface area contributed by atoms with E-state index in [0.717, 1.165) is 12.1 Å². The minimum absolute atomic E-state index is 0.0354. The average molecular weight is 280 g/mol. The summed E-state index contributed by atoms with van der Waals surface area (Å²) in [5.41, 5.74) is 0.861. The van der Waals surface area contributed by atoms with Gasteiger partial charge in [0.05, 0.1) is 11.1 Å². The van der Waals surface area contributed by atoms with Crippen LogP contribution in [0.5, 0.6) is 0 Å². The van der Waals surface area contributed by atoms with E-state index < -0.39 is 5.82 Å². The number of hydrogen-bond acceptors (Lipinski definition) is 3. The summed E-state index contributed by atoms with van der Waals surface area (Å²) in [7, 11) is 0. The van der Waals surface area contributed by atoms with Crippen LogP contribution in [0.25, 0.3) is 0 Å². The van der Waals surface area contributed by atoms with E-state index in [1.54, 1.807) is 24.5 Å². The average Bonchev–Trinajstić information content (AvgIpc) is 2.43. The Kier molecular flexibility index (Phi) is 4.82. The zero-order chi connectivity index (χ0) is 13.7. The van der Waals surface area contributed by atoms with Gasteiger partial charge in [-0.15, -0.1) is 0 Å². The molecular formula is C14H15ClFN3. The Morgan fingerprint density at radius 1 is 1.32 bits per heavy atom. The molecule has 0 aliphatic rings. The lowest BCUT2D eigenvalue weighted by Gasteiger charge is -2.16. The number of halogens is 2. The van der Waals surface area contributed by atoms with E-state index >= 15 is 0 Å². The van der Waals surface area contributed by atoms with E-state index in [0.29, 0.717) is 12.2 Å². The molecule has 0 saturated carbocycles. The molecule has 0 spiro atoms. The molecule has 0 saturated heterocycles. The molecule has 0 radical (unpaired) electrons. The molecule has 1 aromatic carbocycles. The predicted octanol–water partition coefficient (Wildman–Crippen LogP) is 3.16. The predicted molar refractivity (Wildman–Crippen MR) is 73.6 cm³/mol. The largest absolute Gasteiger partial charge is 0.307 e. The van der Waals surface area contributed by atoms with Gasteiger partial charge in [-0.2, -0.15) is 0 Å². The van der Waals surface area contributed by atoms with Gasteiger partial charge in [-0.3, -0.25) is 0 Å². The second kappa shape index (κ2) is 6.59. The summed E-state index contributed by atoms with van der Waals surface area (Å²) in [5.74, 6) is 0.308. The molecule has 0 aliphatic heterocycles. The molecule has 0 bridgehead atoms. The fourth-order valence-electron chi connectivity index (χ4n) is 1.89. The first kappa shape index (κ1) is 13.9. The van der Waals surface area contributed by atoms with Crippen LogP contribution in [0.1, 0.15) is 24.4 Å². The molecule has 3 nitrogen and oxygen atoms in total. The number of aromatic nitrogens is 2. The number of hydrogen-bond donors (Lipinski definition) is 1. The molecule has 1 aromatic heterocycles. The van der Waals surface area contributed by atoms with E-state index in [2.05, 4.69) is 15.3 Å². The van der Waals surface area contributed by atoms with Gasteiger partial charge in [0.25, 0.3) is 0 Å². The van der Waals surface area contributed by atoms with Crippen LogP contribution in [-0.2, 0) is 6.42 Å². The summed E-state index contributed by atoms with van der Waals surface area (Å²) in [6.07, 6.45) is 4.02. The van der Waals surface area contributed by atoms with Gasteiger partial charge < -0.3 is 5.32 Å².